The number of fused-ring (bicyclic) bond motifs is 1. The monoisotopic (exact) mass is 387 g/mol. The van der Waals surface area contributed by atoms with E-state index in [0.717, 1.165) is 24.1 Å². The number of benzene rings is 2. The minimum absolute atomic E-state index is 0.0634. The minimum Gasteiger partial charge on any atom is -0.312 e. The number of nitro benzene ring substituents is 1. The molecule has 1 N–H and O–H groups in total. The molecule has 0 saturated heterocycles. The molecule has 2 aliphatic rings. The second-order valence-corrected chi connectivity index (χ2v) is 8.40. The maximum Gasteiger partial charge on any atom is 0.271 e. The lowest BCUT2D eigenvalue weighted by molar-refractivity contribution is -0.384. The van der Waals surface area contributed by atoms with Gasteiger partial charge >= 0.3 is 0 Å². The third-order valence-corrected chi connectivity index (χ3v) is 6.14. The SMILES string of the molecule is O=C(C1CC1)N1CCc2cc(S(=O)(=O)Nc3cccc([N+](=O)[O-])c3)ccc21. The predicted molar refractivity (Wildman–Crippen MR) is 99.1 cm³/mol. The van der Waals surface area contributed by atoms with Crippen LogP contribution in [0.3, 0.4) is 0 Å². The van der Waals surface area contributed by atoms with Crippen molar-refractivity contribution in [3.63, 3.8) is 0 Å². The van der Waals surface area contributed by atoms with Crippen molar-refractivity contribution in [2.75, 3.05) is 16.2 Å². The van der Waals surface area contributed by atoms with E-state index >= 15 is 0 Å². The summed E-state index contributed by atoms with van der Waals surface area (Å²) in [4.78, 5) is 24.4. The number of nitrogens with one attached hydrogen (secondary N) is 1. The van der Waals surface area contributed by atoms with Crippen LogP contribution in [0.25, 0.3) is 0 Å². The Bertz CT molecular complexity index is 1050. The van der Waals surface area contributed by atoms with Gasteiger partial charge in [-0.3, -0.25) is 19.6 Å². The number of hydrogen-bond acceptors (Lipinski definition) is 5. The van der Waals surface area contributed by atoms with E-state index in [-0.39, 0.29) is 28.1 Å². The van der Waals surface area contributed by atoms with Gasteiger partial charge in [0.2, 0.25) is 5.91 Å². The van der Waals surface area contributed by atoms with Gasteiger partial charge in [-0.15, -0.1) is 0 Å². The van der Waals surface area contributed by atoms with Gasteiger partial charge in [0.05, 0.1) is 15.5 Å². The number of hydrogen-bond donors (Lipinski definition) is 1. The number of carbonyl (C=O) groups excluding carboxylic acids is 1. The van der Waals surface area contributed by atoms with Crippen LogP contribution in [-0.2, 0) is 21.2 Å². The van der Waals surface area contributed by atoms with Crippen molar-refractivity contribution < 1.29 is 18.1 Å². The molecule has 1 heterocycles. The third kappa shape index (κ3) is 3.37. The van der Waals surface area contributed by atoms with Gasteiger partial charge < -0.3 is 4.90 Å². The zero-order valence-corrected chi connectivity index (χ0v) is 15.1. The van der Waals surface area contributed by atoms with Gasteiger partial charge in [0, 0.05) is 30.3 Å². The lowest BCUT2D eigenvalue weighted by Gasteiger charge is -2.17. The minimum atomic E-state index is -3.90. The molecule has 1 aliphatic carbocycles. The van der Waals surface area contributed by atoms with Crippen molar-refractivity contribution >= 4 is 33.0 Å². The van der Waals surface area contributed by atoms with Crippen LogP contribution in [0.15, 0.2) is 47.4 Å². The van der Waals surface area contributed by atoms with Crippen molar-refractivity contribution in [2.24, 2.45) is 5.92 Å². The Morgan fingerprint density at radius 3 is 2.67 bits per heavy atom. The van der Waals surface area contributed by atoms with Crippen molar-refractivity contribution in [3.05, 3.63) is 58.1 Å². The molecule has 0 bridgehead atoms. The Balaban J connectivity index is 1.59. The Labute approximate surface area is 156 Å². The molecule has 27 heavy (non-hydrogen) atoms. The van der Waals surface area contributed by atoms with Crippen LogP contribution < -0.4 is 9.62 Å². The Morgan fingerprint density at radius 1 is 1.19 bits per heavy atom. The van der Waals surface area contributed by atoms with Crippen molar-refractivity contribution in [2.45, 2.75) is 24.2 Å². The zero-order chi connectivity index (χ0) is 19.2. The molecule has 140 valence electrons. The first-order chi connectivity index (χ1) is 12.8. The molecule has 4 rings (SSSR count). The number of nitro groups is 1. The zero-order valence-electron chi connectivity index (χ0n) is 14.3. The van der Waals surface area contributed by atoms with Crippen LogP contribution in [0.5, 0.6) is 0 Å². The first-order valence-electron chi connectivity index (χ1n) is 8.57. The molecule has 9 heteroatoms. The molecule has 0 aromatic heterocycles. The predicted octanol–water partition coefficient (Wildman–Crippen LogP) is 2.69. The lowest BCUT2D eigenvalue weighted by atomic mass is 10.2. The van der Waals surface area contributed by atoms with Crippen LogP contribution in [0.4, 0.5) is 17.1 Å². The van der Waals surface area contributed by atoms with Crippen molar-refractivity contribution in [3.8, 4) is 0 Å². The molecule has 0 unspecified atom stereocenters. The van der Waals surface area contributed by atoms with Gasteiger partial charge in [0.25, 0.3) is 15.7 Å². The van der Waals surface area contributed by atoms with Gasteiger partial charge in [0.1, 0.15) is 0 Å². The number of non-ortho nitro benzene ring substituents is 1. The van der Waals surface area contributed by atoms with Crippen molar-refractivity contribution in [1.82, 2.24) is 0 Å². The Hall–Kier alpha value is -2.94. The van der Waals surface area contributed by atoms with E-state index in [4.69, 9.17) is 0 Å². The summed E-state index contributed by atoms with van der Waals surface area (Å²) in [6, 6.07) is 10.0. The molecule has 2 aromatic rings. The van der Waals surface area contributed by atoms with E-state index in [0.29, 0.717) is 13.0 Å². The number of amides is 1. The van der Waals surface area contributed by atoms with E-state index in [1.54, 1.807) is 17.0 Å². The van der Waals surface area contributed by atoms with Crippen LogP contribution >= 0.6 is 0 Å². The highest BCUT2D eigenvalue weighted by atomic mass is 32.2. The Morgan fingerprint density at radius 2 is 1.96 bits per heavy atom. The molecule has 2 aromatic carbocycles. The first kappa shape index (κ1) is 17.5. The molecule has 1 fully saturated rings. The molecule has 8 nitrogen and oxygen atoms in total. The number of rotatable bonds is 5. The summed E-state index contributed by atoms with van der Waals surface area (Å²) in [5.41, 5.74) is 1.50. The maximum atomic E-state index is 12.7. The van der Waals surface area contributed by atoms with Crippen molar-refractivity contribution in [1.29, 1.82) is 0 Å². The summed E-state index contributed by atoms with van der Waals surface area (Å²) >= 11 is 0. The standard InChI is InChI=1S/C18H17N3O5S/c22-18(12-4-5-12)20-9-8-13-10-16(6-7-17(13)20)27(25,26)19-14-2-1-3-15(11-14)21(23)24/h1-3,6-7,10-12,19H,4-5,8-9H2. The summed E-state index contributed by atoms with van der Waals surface area (Å²) in [5, 5.41) is 10.9. The molecule has 0 atom stereocenters. The van der Waals surface area contributed by atoms with E-state index in [9.17, 15) is 23.3 Å². The highest BCUT2D eigenvalue weighted by molar-refractivity contribution is 7.92. The van der Waals surface area contributed by atoms with Gasteiger partial charge in [-0.25, -0.2) is 8.42 Å². The molecule has 1 saturated carbocycles. The lowest BCUT2D eigenvalue weighted by Crippen LogP contribution is -2.30. The summed E-state index contributed by atoms with van der Waals surface area (Å²) in [6.07, 6.45) is 2.45. The average Bonchev–Trinajstić information content (AvgIpc) is 3.40. The summed E-state index contributed by atoms with van der Waals surface area (Å²) in [5.74, 6) is 0.217. The smallest absolute Gasteiger partial charge is 0.271 e. The Kier molecular flexibility index (Phi) is 4.11. The fraction of sp³-hybridized carbons (Fsp3) is 0.278. The highest BCUT2D eigenvalue weighted by Crippen LogP contribution is 2.37. The average molecular weight is 387 g/mol. The van der Waals surface area contributed by atoms with Gasteiger partial charge in [-0.1, -0.05) is 6.07 Å². The largest absolute Gasteiger partial charge is 0.312 e. The van der Waals surface area contributed by atoms with Gasteiger partial charge in [0.15, 0.2) is 0 Å². The molecule has 1 aliphatic heterocycles. The second kappa shape index (κ2) is 6.34. The molecular weight excluding hydrogens is 370 g/mol. The molecular formula is C18H17N3O5S. The maximum absolute atomic E-state index is 12.7. The number of nitrogens with zero attached hydrogens (tertiary/aromatic N) is 2. The topological polar surface area (TPSA) is 110 Å². The van der Waals surface area contributed by atoms with Gasteiger partial charge in [-0.05, 0) is 49.1 Å². The summed E-state index contributed by atoms with van der Waals surface area (Å²) in [6.45, 7) is 0.562. The quantitative estimate of drug-likeness (QED) is 0.626. The number of anilines is 2. The highest BCUT2D eigenvalue weighted by Gasteiger charge is 2.36. The fourth-order valence-electron chi connectivity index (χ4n) is 3.22. The normalized spacial score (nSPS) is 16.1. The summed E-state index contributed by atoms with van der Waals surface area (Å²) in [7, 11) is -3.90. The molecule has 0 spiro atoms. The van der Waals surface area contributed by atoms with Crippen LogP contribution in [0.2, 0.25) is 0 Å². The van der Waals surface area contributed by atoms with E-state index in [2.05, 4.69) is 4.72 Å². The van der Waals surface area contributed by atoms with Gasteiger partial charge in [-0.2, -0.15) is 0 Å². The van der Waals surface area contributed by atoms with Crippen LogP contribution in [-0.4, -0.2) is 25.8 Å². The van der Waals surface area contributed by atoms with Crippen LogP contribution in [0.1, 0.15) is 18.4 Å². The summed E-state index contributed by atoms with van der Waals surface area (Å²) < 4.78 is 27.7. The third-order valence-electron chi connectivity index (χ3n) is 4.76. The van der Waals surface area contributed by atoms with Crippen LogP contribution in [0, 0.1) is 16.0 Å². The first-order valence-corrected chi connectivity index (χ1v) is 10.0. The number of sulfonamides is 1. The van der Waals surface area contributed by atoms with E-state index < -0.39 is 14.9 Å². The molecule has 1 amide bonds. The molecule has 0 radical (unpaired) electrons. The fourth-order valence-corrected chi connectivity index (χ4v) is 4.32. The van der Waals surface area contributed by atoms with E-state index in [1.165, 1.54) is 30.3 Å². The number of carbonyl (C=O) groups is 1. The second-order valence-electron chi connectivity index (χ2n) is 6.72. The van der Waals surface area contributed by atoms with E-state index in [1.807, 2.05) is 0 Å².